The van der Waals surface area contributed by atoms with Crippen LogP contribution in [0, 0.1) is 13.8 Å². The van der Waals surface area contributed by atoms with Crippen LogP contribution in [-0.2, 0) is 0 Å². The molecule has 0 amide bonds. The summed E-state index contributed by atoms with van der Waals surface area (Å²) >= 11 is 0. The zero-order valence-electron chi connectivity index (χ0n) is 9.86. The van der Waals surface area contributed by atoms with Crippen LogP contribution in [0.25, 0.3) is 0 Å². The van der Waals surface area contributed by atoms with Crippen LogP contribution in [0.15, 0.2) is 24.5 Å². The van der Waals surface area contributed by atoms with Gasteiger partial charge in [0.05, 0.1) is 0 Å². The molecule has 1 aromatic heterocycles. The van der Waals surface area contributed by atoms with E-state index in [9.17, 15) is 0 Å². The maximum Gasteiger partial charge on any atom is 0.159 e. The second-order valence-corrected chi connectivity index (χ2v) is 3.89. The van der Waals surface area contributed by atoms with Gasteiger partial charge < -0.3 is 16.8 Å². The fourth-order valence-corrected chi connectivity index (χ4v) is 1.52. The van der Waals surface area contributed by atoms with E-state index in [-0.39, 0.29) is 5.82 Å². The molecule has 0 fully saturated rings. The summed E-state index contributed by atoms with van der Waals surface area (Å²) in [5, 5.41) is 3.17. The van der Waals surface area contributed by atoms with Crippen molar-refractivity contribution in [3.8, 4) is 0 Å². The Morgan fingerprint density at radius 2 is 1.88 bits per heavy atom. The van der Waals surface area contributed by atoms with E-state index in [0.717, 1.165) is 11.3 Å². The van der Waals surface area contributed by atoms with Gasteiger partial charge in [-0.05, 0) is 31.0 Å². The Morgan fingerprint density at radius 3 is 2.65 bits per heavy atom. The first kappa shape index (κ1) is 11.2. The van der Waals surface area contributed by atoms with E-state index in [0.29, 0.717) is 11.5 Å². The van der Waals surface area contributed by atoms with Crippen LogP contribution < -0.4 is 16.8 Å². The zero-order valence-corrected chi connectivity index (χ0v) is 9.86. The van der Waals surface area contributed by atoms with Crippen LogP contribution in [0.2, 0.25) is 0 Å². The lowest BCUT2D eigenvalue weighted by atomic mass is 10.1. The highest BCUT2D eigenvalue weighted by molar-refractivity contribution is 5.77. The predicted molar refractivity (Wildman–Crippen MR) is 70.1 cm³/mol. The summed E-state index contributed by atoms with van der Waals surface area (Å²) < 4.78 is 0. The van der Waals surface area contributed by atoms with Crippen LogP contribution >= 0.6 is 0 Å². The summed E-state index contributed by atoms with van der Waals surface area (Å²) in [6.07, 6.45) is 1.39. The molecule has 0 spiro atoms. The number of nitrogens with zero attached hydrogens (tertiary/aromatic N) is 2. The van der Waals surface area contributed by atoms with Crippen LogP contribution in [0.3, 0.4) is 0 Å². The largest absolute Gasteiger partial charge is 0.393 e. The van der Waals surface area contributed by atoms with Gasteiger partial charge in [-0.25, -0.2) is 9.97 Å². The Labute approximate surface area is 99.9 Å². The van der Waals surface area contributed by atoms with E-state index in [1.165, 1.54) is 11.9 Å². The molecule has 0 aliphatic heterocycles. The summed E-state index contributed by atoms with van der Waals surface area (Å²) in [6.45, 7) is 4.09. The minimum Gasteiger partial charge on any atom is -0.393 e. The average molecular weight is 229 g/mol. The number of nitrogens with two attached hydrogens (primary N) is 2. The number of anilines is 4. The van der Waals surface area contributed by atoms with Gasteiger partial charge in [0.15, 0.2) is 11.6 Å². The van der Waals surface area contributed by atoms with Crippen molar-refractivity contribution in [3.63, 3.8) is 0 Å². The van der Waals surface area contributed by atoms with Gasteiger partial charge in [0.2, 0.25) is 0 Å². The van der Waals surface area contributed by atoms with Gasteiger partial charge in [0.25, 0.3) is 0 Å². The number of nitrogen functional groups attached to an aromatic ring is 2. The highest BCUT2D eigenvalue weighted by atomic mass is 15.1. The number of aryl methyl sites for hydroxylation is 1. The van der Waals surface area contributed by atoms with Crippen LogP contribution in [0.4, 0.5) is 23.0 Å². The molecule has 1 heterocycles. The first-order valence-corrected chi connectivity index (χ1v) is 5.28. The van der Waals surface area contributed by atoms with Gasteiger partial charge in [-0.1, -0.05) is 12.1 Å². The Kier molecular flexibility index (Phi) is 2.82. The van der Waals surface area contributed by atoms with Gasteiger partial charge in [-0.3, -0.25) is 0 Å². The molecular formula is C12H15N5. The van der Waals surface area contributed by atoms with Crippen molar-refractivity contribution >= 4 is 23.0 Å². The van der Waals surface area contributed by atoms with Gasteiger partial charge in [-0.15, -0.1) is 0 Å². The number of hydrogen-bond donors (Lipinski definition) is 3. The van der Waals surface area contributed by atoms with Gasteiger partial charge in [0, 0.05) is 5.69 Å². The van der Waals surface area contributed by atoms with Crippen molar-refractivity contribution in [1.82, 2.24) is 9.97 Å². The maximum absolute atomic E-state index is 5.81. The molecule has 0 aliphatic carbocycles. The third kappa shape index (κ3) is 2.13. The number of benzene rings is 1. The summed E-state index contributed by atoms with van der Waals surface area (Å²) in [4.78, 5) is 7.90. The Morgan fingerprint density at radius 1 is 1.12 bits per heavy atom. The molecule has 5 nitrogen and oxygen atoms in total. The SMILES string of the molecule is Cc1cccc(Nc2ncnc(N)c2N)c1C. The molecule has 0 bridgehead atoms. The minimum absolute atomic E-state index is 0.285. The molecule has 0 unspecified atom stereocenters. The number of aromatic nitrogens is 2. The predicted octanol–water partition coefficient (Wildman–Crippen LogP) is 2.00. The van der Waals surface area contributed by atoms with E-state index < -0.39 is 0 Å². The molecule has 5 N–H and O–H groups in total. The molecule has 0 saturated carbocycles. The van der Waals surface area contributed by atoms with Gasteiger partial charge >= 0.3 is 0 Å². The normalized spacial score (nSPS) is 10.2. The molecule has 0 atom stereocenters. The molecule has 88 valence electrons. The molecule has 5 heteroatoms. The fourth-order valence-electron chi connectivity index (χ4n) is 1.52. The van der Waals surface area contributed by atoms with E-state index >= 15 is 0 Å². The monoisotopic (exact) mass is 229 g/mol. The van der Waals surface area contributed by atoms with E-state index in [2.05, 4.69) is 28.3 Å². The van der Waals surface area contributed by atoms with Crippen molar-refractivity contribution in [2.45, 2.75) is 13.8 Å². The summed E-state index contributed by atoms with van der Waals surface area (Å²) in [5.74, 6) is 0.819. The molecule has 2 aromatic rings. The lowest BCUT2D eigenvalue weighted by Gasteiger charge is -2.12. The van der Waals surface area contributed by atoms with Crippen molar-refractivity contribution in [2.75, 3.05) is 16.8 Å². The topological polar surface area (TPSA) is 89.8 Å². The zero-order chi connectivity index (χ0) is 12.4. The third-order valence-corrected chi connectivity index (χ3v) is 2.77. The molecule has 2 rings (SSSR count). The standard InChI is InChI=1S/C12H15N5/c1-7-4-3-5-9(8(7)2)17-12-10(13)11(14)15-6-16-12/h3-6H,13H2,1-2H3,(H3,14,15,16,17). The lowest BCUT2D eigenvalue weighted by molar-refractivity contribution is 1.18. The van der Waals surface area contributed by atoms with Crippen molar-refractivity contribution in [1.29, 1.82) is 0 Å². The van der Waals surface area contributed by atoms with Crippen LogP contribution in [-0.4, -0.2) is 9.97 Å². The van der Waals surface area contributed by atoms with Crippen molar-refractivity contribution in [2.24, 2.45) is 0 Å². The fraction of sp³-hybridized carbons (Fsp3) is 0.167. The van der Waals surface area contributed by atoms with Crippen LogP contribution in [0.5, 0.6) is 0 Å². The second-order valence-electron chi connectivity index (χ2n) is 3.89. The van der Waals surface area contributed by atoms with E-state index in [1.54, 1.807) is 0 Å². The Balaban J connectivity index is 2.38. The van der Waals surface area contributed by atoms with E-state index in [4.69, 9.17) is 11.5 Å². The third-order valence-electron chi connectivity index (χ3n) is 2.77. The average Bonchev–Trinajstić information content (AvgIpc) is 2.31. The quantitative estimate of drug-likeness (QED) is 0.732. The Hall–Kier alpha value is -2.30. The Bertz CT molecular complexity index is 501. The summed E-state index contributed by atoms with van der Waals surface area (Å²) in [5.41, 5.74) is 15.1. The molecule has 1 aromatic carbocycles. The number of rotatable bonds is 2. The lowest BCUT2D eigenvalue weighted by Crippen LogP contribution is -2.05. The van der Waals surface area contributed by atoms with Crippen molar-refractivity contribution < 1.29 is 0 Å². The van der Waals surface area contributed by atoms with Gasteiger partial charge in [0.1, 0.15) is 12.0 Å². The van der Waals surface area contributed by atoms with Crippen molar-refractivity contribution in [3.05, 3.63) is 35.7 Å². The molecule has 0 saturated heterocycles. The van der Waals surface area contributed by atoms with E-state index in [1.807, 2.05) is 19.1 Å². The molecular weight excluding hydrogens is 214 g/mol. The maximum atomic E-state index is 5.81. The first-order valence-electron chi connectivity index (χ1n) is 5.28. The highest BCUT2D eigenvalue weighted by Gasteiger charge is 2.07. The molecule has 0 aliphatic rings. The number of nitrogens with one attached hydrogen (secondary N) is 1. The second kappa shape index (κ2) is 4.29. The summed E-state index contributed by atoms with van der Waals surface area (Å²) in [6, 6.07) is 6.00. The summed E-state index contributed by atoms with van der Waals surface area (Å²) in [7, 11) is 0. The smallest absolute Gasteiger partial charge is 0.159 e. The van der Waals surface area contributed by atoms with Gasteiger partial charge in [-0.2, -0.15) is 0 Å². The first-order chi connectivity index (χ1) is 8.09. The molecule has 17 heavy (non-hydrogen) atoms. The number of hydrogen-bond acceptors (Lipinski definition) is 5. The minimum atomic E-state index is 0.285. The molecule has 0 radical (unpaired) electrons. The highest BCUT2D eigenvalue weighted by Crippen LogP contribution is 2.26. The van der Waals surface area contributed by atoms with Crippen LogP contribution in [0.1, 0.15) is 11.1 Å².